The molecule has 0 atom stereocenters. The van der Waals surface area contributed by atoms with Gasteiger partial charge in [-0.2, -0.15) is 10.2 Å². The summed E-state index contributed by atoms with van der Waals surface area (Å²) in [4.78, 5) is 11.3. The molecule has 2 rings (SSSR count). The second-order valence-corrected chi connectivity index (χ2v) is 5.80. The number of carboxylic acid groups (broad SMARTS) is 1. The highest BCUT2D eigenvalue weighted by Gasteiger charge is 2.16. The van der Waals surface area contributed by atoms with E-state index in [0.29, 0.717) is 12.2 Å². The van der Waals surface area contributed by atoms with Crippen LogP contribution in [0.4, 0.5) is 0 Å². The Hall–Kier alpha value is -2.11. The molecule has 2 aromatic heterocycles. The Bertz CT molecular complexity index is 658. The predicted molar refractivity (Wildman–Crippen MR) is 88.8 cm³/mol. The van der Waals surface area contributed by atoms with Crippen LogP contribution in [0.5, 0.6) is 0 Å². The summed E-state index contributed by atoms with van der Waals surface area (Å²) in [6.45, 7) is 7.58. The van der Waals surface area contributed by atoms with Gasteiger partial charge in [0.2, 0.25) is 0 Å². The van der Waals surface area contributed by atoms with Crippen LogP contribution in [0.3, 0.4) is 0 Å². The second-order valence-electron chi connectivity index (χ2n) is 5.80. The molecule has 0 saturated heterocycles. The number of unbranched alkanes of at least 4 members (excludes halogenated alkanes) is 2. The van der Waals surface area contributed by atoms with Crippen molar-refractivity contribution in [1.82, 2.24) is 19.6 Å². The van der Waals surface area contributed by atoms with Gasteiger partial charge >= 0.3 is 5.97 Å². The van der Waals surface area contributed by atoms with Crippen LogP contribution in [-0.4, -0.2) is 30.6 Å². The molecule has 0 aliphatic heterocycles. The van der Waals surface area contributed by atoms with E-state index < -0.39 is 5.97 Å². The van der Waals surface area contributed by atoms with Crippen molar-refractivity contribution in [3.05, 3.63) is 34.9 Å². The maximum absolute atomic E-state index is 11.3. The van der Waals surface area contributed by atoms with E-state index in [-0.39, 0.29) is 0 Å². The van der Waals surface area contributed by atoms with E-state index in [1.807, 2.05) is 13.8 Å². The summed E-state index contributed by atoms with van der Waals surface area (Å²) >= 11 is 0. The Morgan fingerprint density at radius 3 is 2.65 bits per heavy atom. The summed E-state index contributed by atoms with van der Waals surface area (Å²) in [7, 11) is 0. The molecule has 6 nitrogen and oxygen atoms in total. The zero-order chi connectivity index (χ0) is 16.8. The highest BCUT2D eigenvalue weighted by molar-refractivity contribution is 5.87. The van der Waals surface area contributed by atoms with E-state index in [4.69, 9.17) is 0 Å². The molecule has 0 fully saturated rings. The van der Waals surface area contributed by atoms with E-state index in [1.54, 1.807) is 10.9 Å². The minimum absolute atomic E-state index is 0.337. The van der Waals surface area contributed by atoms with Crippen molar-refractivity contribution < 1.29 is 9.90 Å². The van der Waals surface area contributed by atoms with E-state index in [9.17, 15) is 9.90 Å². The van der Waals surface area contributed by atoms with E-state index >= 15 is 0 Å². The molecular weight excluding hydrogens is 292 g/mol. The molecule has 0 amide bonds. The minimum Gasteiger partial charge on any atom is -0.477 e. The SMILES string of the molecule is CCc1cc(C)nn1CCCCCc1cnn(CC)c1C(=O)O. The number of hydrogen-bond acceptors (Lipinski definition) is 3. The standard InChI is InChI=1S/C17H26N4O2/c1-4-15-11-13(3)19-21(15)10-8-6-7-9-14-12-18-20(5-2)16(14)17(22)23/h11-12H,4-10H2,1-3H3,(H,22,23). The predicted octanol–water partition coefficient (Wildman–Crippen LogP) is 3.08. The Morgan fingerprint density at radius 2 is 2.00 bits per heavy atom. The van der Waals surface area contributed by atoms with Crippen LogP contribution >= 0.6 is 0 Å². The Balaban J connectivity index is 1.82. The average Bonchev–Trinajstić information content (AvgIpc) is 3.09. The normalized spacial score (nSPS) is 11.1. The molecule has 0 bridgehead atoms. The van der Waals surface area contributed by atoms with Crippen LogP contribution in [0.25, 0.3) is 0 Å². The van der Waals surface area contributed by atoms with Gasteiger partial charge in [0.1, 0.15) is 5.69 Å². The van der Waals surface area contributed by atoms with Gasteiger partial charge in [0, 0.05) is 24.3 Å². The Labute approximate surface area is 137 Å². The van der Waals surface area contributed by atoms with E-state index in [2.05, 4.69) is 27.9 Å². The van der Waals surface area contributed by atoms with Crippen molar-refractivity contribution in [3.63, 3.8) is 0 Å². The summed E-state index contributed by atoms with van der Waals surface area (Å²) < 4.78 is 3.64. The topological polar surface area (TPSA) is 72.9 Å². The molecule has 0 aliphatic rings. The van der Waals surface area contributed by atoms with Crippen LogP contribution < -0.4 is 0 Å². The first kappa shape index (κ1) is 17.2. The largest absolute Gasteiger partial charge is 0.477 e. The number of hydrogen-bond donors (Lipinski definition) is 1. The smallest absolute Gasteiger partial charge is 0.354 e. The van der Waals surface area contributed by atoms with Crippen LogP contribution in [0.1, 0.15) is 60.5 Å². The number of rotatable bonds is 9. The summed E-state index contributed by atoms with van der Waals surface area (Å²) in [6, 6.07) is 2.14. The van der Waals surface area contributed by atoms with Gasteiger partial charge in [-0.25, -0.2) is 4.79 Å². The fourth-order valence-corrected chi connectivity index (χ4v) is 2.93. The first-order valence-corrected chi connectivity index (χ1v) is 8.38. The van der Waals surface area contributed by atoms with E-state index in [1.165, 1.54) is 5.69 Å². The lowest BCUT2D eigenvalue weighted by Crippen LogP contribution is -2.10. The second kappa shape index (κ2) is 7.94. The van der Waals surface area contributed by atoms with Gasteiger partial charge in [-0.1, -0.05) is 13.3 Å². The first-order chi connectivity index (χ1) is 11.1. The lowest BCUT2D eigenvalue weighted by molar-refractivity contribution is 0.0682. The van der Waals surface area contributed by atoms with Gasteiger partial charge in [0.15, 0.2) is 0 Å². The van der Waals surface area contributed by atoms with Crippen molar-refractivity contribution in [3.8, 4) is 0 Å². The fraction of sp³-hybridized carbons (Fsp3) is 0.588. The van der Waals surface area contributed by atoms with Crippen LogP contribution in [0.15, 0.2) is 12.3 Å². The summed E-state index contributed by atoms with van der Waals surface area (Å²) in [5.41, 5.74) is 3.52. The number of carbonyl (C=O) groups is 1. The third kappa shape index (κ3) is 4.21. The maximum Gasteiger partial charge on any atom is 0.354 e. The van der Waals surface area contributed by atoms with Crippen molar-refractivity contribution in [1.29, 1.82) is 0 Å². The molecule has 0 radical (unpaired) electrons. The Kier molecular flexibility index (Phi) is 5.96. The zero-order valence-electron chi connectivity index (χ0n) is 14.2. The molecule has 2 aromatic rings. The molecule has 0 saturated carbocycles. The molecule has 0 spiro atoms. The van der Waals surface area contributed by atoms with Gasteiger partial charge in [0.05, 0.1) is 11.9 Å². The van der Waals surface area contributed by atoms with Gasteiger partial charge in [-0.3, -0.25) is 9.36 Å². The molecule has 126 valence electrons. The number of carboxylic acids is 1. The molecule has 23 heavy (non-hydrogen) atoms. The fourth-order valence-electron chi connectivity index (χ4n) is 2.93. The molecule has 0 aliphatic carbocycles. The molecule has 2 heterocycles. The molecule has 1 N–H and O–H groups in total. The highest BCUT2D eigenvalue weighted by Crippen LogP contribution is 2.14. The van der Waals surface area contributed by atoms with Crippen molar-refractivity contribution >= 4 is 5.97 Å². The van der Waals surface area contributed by atoms with Crippen LogP contribution in [-0.2, 0) is 25.9 Å². The number of aryl methyl sites for hydroxylation is 5. The molecule has 6 heteroatoms. The number of aromatic nitrogens is 4. The lowest BCUT2D eigenvalue weighted by Gasteiger charge is -2.06. The minimum atomic E-state index is -0.890. The Morgan fingerprint density at radius 1 is 1.22 bits per heavy atom. The van der Waals surface area contributed by atoms with Gasteiger partial charge in [-0.15, -0.1) is 0 Å². The third-order valence-corrected chi connectivity index (χ3v) is 4.08. The van der Waals surface area contributed by atoms with Crippen molar-refractivity contribution in [2.75, 3.05) is 0 Å². The quantitative estimate of drug-likeness (QED) is 0.721. The van der Waals surface area contributed by atoms with Gasteiger partial charge < -0.3 is 5.11 Å². The monoisotopic (exact) mass is 318 g/mol. The summed E-state index contributed by atoms with van der Waals surface area (Å²) in [5.74, 6) is -0.890. The van der Waals surface area contributed by atoms with Crippen molar-refractivity contribution in [2.45, 2.75) is 66.0 Å². The zero-order valence-corrected chi connectivity index (χ0v) is 14.2. The molecule has 0 aromatic carbocycles. The summed E-state index contributed by atoms with van der Waals surface area (Å²) in [6.07, 6.45) is 6.53. The van der Waals surface area contributed by atoms with E-state index in [0.717, 1.165) is 49.9 Å². The van der Waals surface area contributed by atoms with Gasteiger partial charge in [0.25, 0.3) is 0 Å². The number of nitrogens with zero attached hydrogens (tertiary/aromatic N) is 4. The summed E-state index contributed by atoms with van der Waals surface area (Å²) in [5, 5.41) is 18.0. The van der Waals surface area contributed by atoms with Crippen LogP contribution in [0, 0.1) is 6.92 Å². The first-order valence-electron chi connectivity index (χ1n) is 8.38. The van der Waals surface area contributed by atoms with Gasteiger partial charge in [-0.05, 0) is 45.6 Å². The average molecular weight is 318 g/mol. The van der Waals surface area contributed by atoms with Crippen LogP contribution in [0.2, 0.25) is 0 Å². The molecule has 0 unspecified atom stereocenters. The number of aromatic carboxylic acids is 1. The third-order valence-electron chi connectivity index (χ3n) is 4.08. The van der Waals surface area contributed by atoms with Crippen molar-refractivity contribution in [2.24, 2.45) is 0 Å². The lowest BCUT2D eigenvalue weighted by atomic mass is 10.1. The highest BCUT2D eigenvalue weighted by atomic mass is 16.4. The maximum atomic E-state index is 11.3. The molecular formula is C17H26N4O2.